The number of amides is 1. The Morgan fingerprint density at radius 2 is 1.95 bits per heavy atom. The summed E-state index contributed by atoms with van der Waals surface area (Å²) in [7, 11) is 0. The van der Waals surface area contributed by atoms with Crippen LogP contribution in [0.3, 0.4) is 0 Å². The standard InChI is InChI=1S/C13H12ClNO5/c14-9-4-2-1-3-8(9)11(13(19)20)15-6-7(12(17)18)5-10(15)16/h1-4,7,11H,5-6H2,(H,17,18)(H,19,20)/t7?,11-/m1/s1. The molecule has 1 heterocycles. The lowest BCUT2D eigenvalue weighted by Crippen LogP contribution is -2.36. The first-order valence-corrected chi connectivity index (χ1v) is 6.29. The number of hydrogen-bond acceptors (Lipinski definition) is 3. The van der Waals surface area contributed by atoms with Gasteiger partial charge in [0.2, 0.25) is 5.91 Å². The molecule has 0 aromatic heterocycles. The quantitative estimate of drug-likeness (QED) is 0.876. The minimum absolute atomic E-state index is 0.129. The number of carboxylic acids is 2. The van der Waals surface area contributed by atoms with Crippen molar-refractivity contribution in [2.45, 2.75) is 12.5 Å². The number of carbonyl (C=O) groups is 3. The van der Waals surface area contributed by atoms with Crippen molar-refractivity contribution in [3.8, 4) is 0 Å². The van der Waals surface area contributed by atoms with Crippen LogP contribution in [0, 0.1) is 5.92 Å². The number of nitrogens with zero attached hydrogens (tertiary/aromatic N) is 1. The zero-order chi connectivity index (χ0) is 14.9. The summed E-state index contributed by atoms with van der Waals surface area (Å²) in [6.45, 7) is -0.129. The van der Waals surface area contributed by atoms with Crippen molar-refractivity contribution in [1.82, 2.24) is 4.90 Å². The van der Waals surface area contributed by atoms with E-state index in [9.17, 15) is 19.5 Å². The van der Waals surface area contributed by atoms with Crippen LogP contribution in [0.5, 0.6) is 0 Å². The van der Waals surface area contributed by atoms with Gasteiger partial charge in [0, 0.05) is 23.6 Å². The third-order valence-corrected chi connectivity index (χ3v) is 3.60. The lowest BCUT2D eigenvalue weighted by Gasteiger charge is -2.25. The Morgan fingerprint density at radius 1 is 1.30 bits per heavy atom. The molecule has 1 aromatic rings. The molecule has 0 aliphatic carbocycles. The fraction of sp³-hybridized carbons (Fsp3) is 0.308. The van der Waals surface area contributed by atoms with E-state index < -0.39 is 29.8 Å². The second kappa shape index (κ2) is 5.50. The van der Waals surface area contributed by atoms with Crippen LogP contribution in [0.15, 0.2) is 24.3 Å². The van der Waals surface area contributed by atoms with E-state index in [2.05, 4.69) is 0 Å². The van der Waals surface area contributed by atoms with Crippen LogP contribution >= 0.6 is 11.6 Å². The summed E-state index contributed by atoms with van der Waals surface area (Å²) >= 11 is 5.97. The summed E-state index contributed by atoms with van der Waals surface area (Å²) in [5, 5.41) is 18.5. The lowest BCUT2D eigenvalue weighted by atomic mass is 10.1. The van der Waals surface area contributed by atoms with Gasteiger partial charge in [-0.25, -0.2) is 4.79 Å². The second-order valence-corrected chi connectivity index (χ2v) is 4.95. The maximum Gasteiger partial charge on any atom is 0.331 e. The van der Waals surface area contributed by atoms with Gasteiger partial charge < -0.3 is 15.1 Å². The molecule has 20 heavy (non-hydrogen) atoms. The molecular weight excluding hydrogens is 286 g/mol. The molecule has 106 valence electrons. The first-order valence-electron chi connectivity index (χ1n) is 5.91. The molecule has 1 aromatic carbocycles. The summed E-state index contributed by atoms with van der Waals surface area (Å²) in [5.74, 6) is -3.72. The molecule has 7 heteroatoms. The highest BCUT2D eigenvalue weighted by Gasteiger charge is 2.41. The Balaban J connectivity index is 2.36. The van der Waals surface area contributed by atoms with Crippen LogP contribution in [0.2, 0.25) is 5.02 Å². The molecule has 2 N–H and O–H groups in total. The fourth-order valence-corrected chi connectivity index (χ4v) is 2.52. The number of halogens is 1. The summed E-state index contributed by atoms with van der Waals surface area (Å²) < 4.78 is 0. The van der Waals surface area contributed by atoms with E-state index in [-0.39, 0.29) is 23.6 Å². The van der Waals surface area contributed by atoms with E-state index in [0.29, 0.717) is 0 Å². The van der Waals surface area contributed by atoms with E-state index in [1.807, 2.05) is 0 Å². The van der Waals surface area contributed by atoms with Crippen molar-refractivity contribution >= 4 is 29.4 Å². The van der Waals surface area contributed by atoms with E-state index in [1.165, 1.54) is 12.1 Å². The average molecular weight is 298 g/mol. The molecule has 0 bridgehead atoms. The smallest absolute Gasteiger partial charge is 0.331 e. The van der Waals surface area contributed by atoms with Crippen molar-refractivity contribution in [3.05, 3.63) is 34.9 Å². The number of rotatable bonds is 4. The Labute approximate surface area is 119 Å². The molecule has 1 saturated heterocycles. The number of likely N-dealkylation sites (tertiary alicyclic amines) is 1. The highest BCUT2D eigenvalue weighted by molar-refractivity contribution is 6.31. The molecule has 0 spiro atoms. The summed E-state index contributed by atoms with van der Waals surface area (Å²) in [6, 6.07) is 5.05. The Hall–Kier alpha value is -2.08. The SMILES string of the molecule is O=C(O)C1CC(=O)N([C@@H](C(=O)O)c2ccccc2Cl)C1. The van der Waals surface area contributed by atoms with Gasteiger partial charge in [0.1, 0.15) is 0 Å². The van der Waals surface area contributed by atoms with Crippen molar-refractivity contribution in [2.75, 3.05) is 6.54 Å². The molecule has 1 aliphatic rings. The van der Waals surface area contributed by atoms with Crippen molar-refractivity contribution in [3.63, 3.8) is 0 Å². The van der Waals surface area contributed by atoms with Crippen molar-refractivity contribution in [2.24, 2.45) is 5.92 Å². The predicted molar refractivity (Wildman–Crippen MR) is 69.3 cm³/mol. The van der Waals surface area contributed by atoms with Crippen LogP contribution in [0.1, 0.15) is 18.0 Å². The third kappa shape index (κ3) is 2.60. The highest BCUT2D eigenvalue weighted by Crippen LogP contribution is 2.32. The topological polar surface area (TPSA) is 94.9 Å². The maximum atomic E-state index is 11.9. The molecule has 6 nitrogen and oxygen atoms in total. The summed E-state index contributed by atoms with van der Waals surface area (Å²) in [4.78, 5) is 35.3. The average Bonchev–Trinajstić information content (AvgIpc) is 2.74. The van der Waals surface area contributed by atoms with Gasteiger partial charge in [-0.05, 0) is 6.07 Å². The molecule has 1 aliphatic heterocycles. The maximum absolute atomic E-state index is 11.9. The molecule has 1 fully saturated rings. The predicted octanol–water partition coefficient (Wildman–Crippen LogP) is 1.40. The third-order valence-electron chi connectivity index (χ3n) is 3.25. The van der Waals surface area contributed by atoms with Gasteiger partial charge in [0.05, 0.1) is 5.92 Å². The van der Waals surface area contributed by atoms with E-state index in [0.717, 1.165) is 4.90 Å². The zero-order valence-corrected chi connectivity index (χ0v) is 11.1. The number of carboxylic acid groups (broad SMARTS) is 2. The van der Waals surface area contributed by atoms with Gasteiger partial charge in [-0.15, -0.1) is 0 Å². The molecule has 0 saturated carbocycles. The van der Waals surface area contributed by atoms with Crippen LogP contribution in [0.4, 0.5) is 0 Å². The summed E-state index contributed by atoms with van der Waals surface area (Å²) in [6.07, 6.45) is -0.191. The number of benzene rings is 1. The normalized spacial score (nSPS) is 19.9. The van der Waals surface area contributed by atoms with Gasteiger partial charge >= 0.3 is 11.9 Å². The molecule has 0 radical (unpaired) electrons. The molecule has 1 unspecified atom stereocenters. The fourth-order valence-electron chi connectivity index (χ4n) is 2.28. The highest BCUT2D eigenvalue weighted by atomic mass is 35.5. The van der Waals surface area contributed by atoms with E-state index in [1.54, 1.807) is 12.1 Å². The van der Waals surface area contributed by atoms with Gasteiger partial charge in [-0.1, -0.05) is 29.8 Å². The Morgan fingerprint density at radius 3 is 2.45 bits per heavy atom. The van der Waals surface area contributed by atoms with Gasteiger partial charge in [-0.3, -0.25) is 9.59 Å². The van der Waals surface area contributed by atoms with Crippen LogP contribution in [-0.4, -0.2) is 39.5 Å². The van der Waals surface area contributed by atoms with Crippen LogP contribution < -0.4 is 0 Å². The second-order valence-electron chi connectivity index (χ2n) is 4.55. The molecule has 1 amide bonds. The summed E-state index contributed by atoms with van der Waals surface area (Å²) in [5.41, 5.74) is 0.279. The van der Waals surface area contributed by atoms with Gasteiger partial charge in [0.15, 0.2) is 6.04 Å². The molecule has 2 rings (SSSR count). The van der Waals surface area contributed by atoms with Crippen LogP contribution in [0.25, 0.3) is 0 Å². The first-order chi connectivity index (χ1) is 9.41. The zero-order valence-electron chi connectivity index (χ0n) is 10.3. The van der Waals surface area contributed by atoms with E-state index >= 15 is 0 Å². The minimum atomic E-state index is -1.26. The molecular formula is C13H12ClNO5. The minimum Gasteiger partial charge on any atom is -0.481 e. The van der Waals surface area contributed by atoms with E-state index in [4.69, 9.17) is 16.7 Å². The monoisotopic (exact) mass is 297 g/mol. The lowest BCUT2D eigenvalue weighted by molar-refractivity contribution is -0.149. The van der Waals surface area contributed by atoms with Gasteiger partial charge in [0.25, 0.3) is 0 Å². The van der Waals surface area contributed by atoms with Crippen molar-refractivity contribution < 1.29 is 24.6 Å². The number of aliphatic carboxylic acids is 2. The number of hydrogen-bond donors (Lipinski definition) is 2. The van der Waals surface area contributed by atoms with Gasteiger partial charge in [-0.2, -0.15) is 0 Å². The molecule has 2 atom stereocenters. The Kier molecular flexibility index (Phi) is 3.94. The van der Waals surface area contributed by atoms with Crippen molar-refractivity contribution in [1.29, 1.82) is 0 Å². The number of carbonyl (C=O) groups excluding carboxylic acids is 1. The van der Waals surface area contributed by atoms with Crippen LogP contribution in [-0.2, 0) is 14.4 Å². The first kappa shape index (κ1) is 14.3. The largest absolute Gasteiger partial charge is 0.481 e. The Bertz CT molecular complexity index is 574.